The van der Waals surface area contributed by atoms with Crippen LogP contribution in [0.4, 0.5) is 4.79 Å². The minimum Gasteiger partial charge on any atom is -0.474 e. The van der Waals surface area contributed by atoms with E-state index in [4.69, 9.17) is 9.47 Å². The number of hydrogen-bond donors (Lipinski definition) is 0. The highest BCUT2D eigenvalue weighted by Crippen LogP contribution is 2.30. The molecule has 1 fully saturated rings. The molecule has 1 aromatic carbocycles. The Morgan fingerprint density at radius 1 is 1.19 bits per heavy atom. The zero-order valence-electron chi connectivity index (χ0n) is 16.2. The first kappa shape index (κ1) is 19.9. The normalized spacial score (nSPS) is 20.3. The Kier molecular flexibility index (Phi) is 5.89. The van der Waals surface area contributed by atoms with E-state index in [9.17, 15) is 4.79 Å². The number of carbonyl (C=O) groups is 1. The lowest BCUT2D eigenvalue weighted by Gasteiger charge is -2.35. The van der Waals surface area contributed by atoms with Crippen molar-refractivity contribution < 1.29 is 14.3 Å². The van der Waals surface area contributed by atoms with E-state index in [2.05, 4.69) is 25.9 Å². The lowest BCUT2D eigenvalue weighted by atomic mass is 9.92. The minimum atomic E-state index is -0.478. The molecule has 0 aliphatic heterocycles. The van der Waals surface area contributed by atoms with Crippen LogP contribution in [0, 0.1) is 0 Å². The van der Waals surface area contributed by atoms with Crippen LogP contribution < -0.4 is 4.74 Å². The predicted molar refractivity (Wildman–Crippen MR) is 108 cm³/mol. The largest absolute Gasteiger partial charge is 0.474 e. The Bertz CT molecular complexity index is 814. The number of rotatable bonds is 3. The minimum absolute atomic E-state index is 0.0883. The number of carbonyl (C=O) groups excluding carboxylic acids is 1. The highest BCUT2D eigenvalue weighted by molar-refractivity contribution is 9.10. The first-order valence-electron chi connectivity index (χ1n) is 9.25. The topological polar surface area (TPSA) is 64.6 Å². The maximum atomic E-state index is 12.3. The van der Waals surface area contributed by atoms with Crippen molar-refractivity contribution in [2.75, 3.05) is 7.05 Å². The molecule has 2 aromatic rings. The van der Waals surface area contributed by atoms with E-state index in [0.717, 1.165) is 41.1 Å². The summed E-state index contributed by atoms with van der Waals surface area (Å²) in [6.45, 7) is 5.65. The summed E-state index contributed by atoms with van der Waals surface area (Å²) < 4.78 is 12.6. The fraction of sp³-hybridized carbons (Fsp3) is 0.550. The van der Waals surface area contributed by atoms with Crippen LogP contribution in [-0.2, 0) is 4.74 Å². The summed E-state index contributed by atoms with van der Waals surface area (Å²) >= 11 is 3.49. The summed E-state index contributed by atoms with van der Waals surface area (Å²) in [5, 5.41) is 0.903. The Morgan fingerprint density at radius 3 is 2.56 bits per heavy atom. The lowest BCUT2D eigenvalue weighted by Crippen LogP contribution is -2.43. The van der Waals surface area contributed by atoms with Crippen molar-refractivity contribution >= 4 is 32.9 Å². The van der Waals surface area contributed by atoms with Crippen molar-refractivity contribution in [3.63, 3.8) is 0 Å². The molecule has 1 aliphatic carbocycles. The van der Waals surface area contributed by atoms with Gasteiger partial charge >= 0.3 is 6.09 Å². The van der Waals surface area contributed by atoms with Crippen LogP contribution in [0.5, 0.6) is 5.88 Å². The second kappa shape index (κ2) is 8.00. The van der Waals surface area contributed by atoms with Crippen molar-refractivity contribution in [3.05, 3.63) is 29.0 Å². The Labute approximate surface area is 168 Å². The number of fused-ring (bicyclic) bond motifs is 1. The molecule has 6 nitrogen and oxygen atoms in total. The molecule has 1 amide bonds. The first-order valence-corrected chi connectivity index (χ1v) is 10.0. The fourth-order valence-corrected chi connectivity index (χ4v) is 3.65. The number of aromatic nitrogens is 2. The van der Waals surface area contributed by atoms with Crippen LogP contribution in [-0.4, -0.2) is 45.8 Å². The predicted octanol–water partition coefficient (Wildman–Crippen LogP) is 4.95. The molecule has 1 aromatic heterocycles. The molecule has 7 heteroatoms. The van der Waals surface area contributed by atoms with Gasteiger partial charge in [0.15, 0.2) is 0 Å². The molecular formula is C20H26BrN3O3. The zero-order valence-corrected chi connectivity index (χ0v) is 17.8. The van der Waals surface area contributed by atoms with Gasteiger partial charge in [0.05, 0.1) is 10.9 Å². The Morgan fingerprint density at radius 2 is 1.89 bits per heavy atom. The fourth-order valence-electron chi connectivity index (χ4n) is 3.29. The monoisotopic (exact) mass is 435 g/mol. The van der Waals surface area contributed by atoms with Crippen LogP contribution >= 0.6 is 15.9 Å². The van der Waals surface area contributed by atoms with Gasteiger partial charge in [0.2, 0.25) is 5.88 Å². The number of amides is 1. The number of nitrogens with zero attached hydrogens (tertiary/aromatic N) is 3. The number of hydrogen-bond acceptors (Lipinski definition) is 5. The van der Waals surface area contributed by atoms with Crippen molar-refractivity contribution in [2.24, 2.45) is 0 Å². The summed E-state index contributed by atoms with van der Waals surface area (Å²) in [5.74, 6) is 0.616. The second-order valence-electron chi connectivity index (χ2n) is 7.98. The van der Waals surface area contributed by atoms with Crippen molar-refractivity contribution in [3.8, 4) is 5.88 Å². The maximum absolute atomic E-state index is 12.3. The van der Waals surface area contributed by atoms with Crippen molar-refractivity contribution in [1.82, 2.24) is 14.9 Å². The van der Waals surface area contributed by atoms with Crippen LogP contribution in [0.15, 0.2) is 29.0 Å². The molecule has 0 unspecified atom stereocenters. The SMILES string of the molecule is CN(C(=O)OC(C)(C)C)C1CCC(Oc2ncnc3ccc(Br)cc23)CC1. The van der Waals surface area contributed by atoms with Gasteiger partial charge < -0.3 is 14.4 Å². The van der Waals surface area contributed by atoms with Crippen molar-refractivity contribution in [1.29, 1.82) is 0 Å². The Hall–Kier alpha value is -1.89. The molecule has 0 bridgehead atoms. The van der Waals surface area contributed by atoms with Gasteiger partial charge in [-0.2, -0.15) is 0 Å². The third-order valence-corrected chi connectivity index (χ3v) is 5.21. The highest BCUT2D eigenvalue weighted by atomic mass is 79.9. The summed E-state index contributed by atoms with van der Waals surface area (Å²) in [4.78, 5) is 22.6. The molecule has 3 rings (SSSR count). The molecule has 27 heavy (non-hydrogen) atoms. The quantitative estimate of drug-likeness (QED) is 0.682. The smallest absolute Gasteiger partial charge is 0.410 e. The molecule has 0 N–H and O–H groups in total. The molecule has 1 aliphatic rings. The van der Waals surface area contributed by atoms with Crippen LogP contribution in [0.2, 0.25) is 0 Å². The van der Waals surface area contributed by atoms with Gasteiger partial charge in [0.1, 0.15) is 18.0 Å². The van der Waals surface area contributed by atoms with Gasteiger partial charge in [-0.1, -0.05) is 15.9 Å². The van der Waals surface area contributed by atoms with E-state index in [-0.39, 0.29) is 18.2 Å². The van der Waals surface area contributed by atoms with E-state index < -0.39 is 5.60 Å². The second-order valence-corrected chi connectivity index (χ2v) is 8.90. The van der Waals surface area contributed by atoms with Crippen LogP contribution in [0.3, 0.4) is 0 Å². The number of halogens is 1. The van der Waals surface area contributed by atoms with Gasteiger partial charge in [0.25, 0.3) is 0 Å². The van der Waals surface area contributed by atoms with E-state index in [1.165, 1.54) is 6.33 Å². The first-order chi connectivity index (χ1) is 12.7. The zero-order chi connectivity index (χ0) is 19.6. The molecule has 1 heterocycles. The lowest BCUT2D eigenvalue weighted by molar-refractivity contribution is 0.0138. The van der Waals surface area contributed by atoms with Gasteiger partial charge in [-0.15, -0.1) is 0 Å². The molecule has 0 saturated heterocycles. The molecule has 0 atom stereocenters. The molecular weight excluding hydrogens is 410 g/mol. The molecule has 1 saturated carbocycles. The van der Waals surface area contributed by atoms with Gasteiger partial charge in [-0.3, -0.25) is 0 Å². The Balaban J connectivity index is 1.60. The molecule has 146 valence electrons. The average molecular weight is 436 g/mol. The summed E-state index contributed by atoms with van der Waals surface area (Å²) in [6, 6.07) is 6.06. The summed E-state index contributed by atoms with van der Waals surface area (Å²) in [6.07, 6.45) is 4.87. The van der Waals surface area contributed by atoms with E-state index in [1.807, 2.05) is 46.0 Å². The van der Waals surface area contributed by atoms with Gasteiger partial charge in [-0.05, 0) is 64.7 Å². The number of benzene rings is 1. The summed E-state index contributed by atoms with van der Waals surface area (Å²) in [5.41, 5.74) is 0.384. The number of ether oxygens (including phenoxy) is 2. The van der Waals surface area contributed by atoms with E-state index in [1.54, 1.807) is 4.90 Å². The molecule has 0 spiro atoms. The van der Waals surface area contributed by atoms with Crippen LogP contribution in [0.1, 0.15) is 46.5 Å². The standard InChI is InChI=1S/C20H26BrN3O3/c1-20(2,3)27-19(25)24(4)14-6-8-15(9-7-14)26-18-16-11-13(21)5-10-17(16)22-12-23-18/h5,10-12,14-15H,6-9H2,1-4H3. The average Bonchev–Trinajstić information content (AvgIpc) is 2.61. The van der Waals surface area contributed by atoms with Gasteiger partial charge in [0, 0.05) is 17.6 Å². The van der Waals surface area contributed by atoms with Crippen LogP contribution in [0.25, 0.3) is 10.9 Å². The van der Waals surface area contributed by atoms with E-state index >= 15 is 0 Å². The van der Waals surface area contributed by atoms with E-state index in [0.29, 0.717) is 5.88 Å². The van der Waals surface area contributed by atoms with Crippen molar-refractivity contribution in [2.45, 2.75) is 64.2 Å². The third-order valence-electron chi connectivity index (χ3n) is 4.71. The maximum Gasteiger partial charge on any atom is 0.410 e. The molecule has 0 radical (unpaired) electrons. The van der Waals surface area contributed by atoms with Gasteiger partial charge in [-0.25, -0.2) is 14.8 Å². The third kappa shape index (κ3) is 5.09. The summed E-state index contributed by atoms with van der Waals surface area (Å²) in [7, 11) is 1.81. The highest BCUT2D eigenvalue weighted by Gasteiger charge is 2.30.